The highest BCUT2D eigenvalue weighted by Crippen LogP contribution is 2.22. The van der Waals surface area contributed by atoms with Crippen molar-refractivity contribution in [3.63, 3.8) is 0 Å². The van der Waals surface area contributed by atoms with Crippen molar-refractivity contribution in [3.8, 4) is 0 Å². The Bertz CT molecular complexity index is 460. The monoisotopic (exact) mass is 272 g/mol. The molecule has 0 fully saturated rings. The van der Waals surface area contributed by atoms with Crippen LogP contribution in [0.3, 0.4) is 0 Å². The molecule has 1 aromatic carbocycles. The third-order valence-corrected chi connectivity index (χ3v) is 2.47. The van der Waals surface area contributed by atoms with Crippen LogP contribution in [0.15, 0.2) is 18.2 Å². The van der Waals surface area contributed by atoms with E-state index < -0.39 is 29.6 Å². The molecule has 0 aliphatic heterocycles. The van der Waals surface area contributed by atoms with Crippen LogP contribution in [0.1, 0.15) is 18.4 Å². The number of amides is 2. The van der Waals surface area contributed by atoms with E-state index in [0.717, 1.165) is 12.1 Å². The Morgan fingerprint density at radius 2 is 1.95 bits per heavy atom. The molecule has 0 aromatic heterocycles. The van der Waals surface area contributed by atoms with E-state index in [4.69, 9.17) is 5.73 Å². The number of benzene rings is 1. The van der Waals surface area contributed by atoms with E-state index in [1.165, 1.54) is 13.0 Å². The standard InChI is InChI=1S/C12H14F2N2O3/c1-7(10-8(13)3-2-4-9(10)14)11(17)16-5-6-19-12(15)18/h2-4,7H,5-6H2,1H3,(H2,15,18)(H,16,17). The molecule has 3 N–H and O–H groups in total. The molecule has 0 bridgehead atoms. The van der Waals surface area contributed by atoms with Crippen molar-refractivity contribution in [2.45, 2.75) is 12.8 Å². The lowest BCUT2D eigenvalue weighted by atomic mass is 9.99. The van der Waals surface area contributed by atoms with Gasteiger partial charge in [-0.3, -0.25) is 4.79 Å². The fraction of sp³-hybridized carbons (Fsp3) is 0.333. The second-order valence-electron chi connectivity index (χ2n) is 3.82. The molecule has 0 radical (unpaired) electrons. The number of halogens is 2. The van der Waals surface area contributed by atoms with Crippen LogP contribution in [0, 0.1) is 11.6 Å². The van der Waals surface area contributed by atoms with E-state index in [2.05, 4.69) is 10.1 Å². The maximum absolute atomic E-state index is 13.4. The van der Waals surface area contributed by atoms with Crippen molar-refractivity contribution in [3.05, 3.63) is 35.4 Å². The summed E-state index contributed by atoms with van der Waals surface area (Å²) in [7, 11) is 0. The Labute approximate surface area is 108 Å². The van der Waals surface area contributed by atoms with E-state index in [-0.39, 0.29) is 18.7 Å². The van der Waals surface area contributed by atoms with Gasteiger partial charge in [0.05, 0.1) is 12.5 Å². The molecule has 0 saturated heterocycles. The van der Waals surface area contributed by atoms with Crippen molar-refractivity contribution in [2.75, 3.05) is 13.2 Å². The largest absolute Gasteiger partial charge is 0.448 e. The maximum atomic E-state index is 13.4. The van der Waals surface area contributed by atoms with Crippen molar-refractivity contribution in [2.24, 2.45) is 5.73 Å². The van der Waals surface area contributed by atoms with E-state index in [0.29, 0.717) is 0 Å². The molecular formula is C12H14F2N2O3. The Balaban J connectivity index is 2.59. The molecule has 2 amide bonds. The first-order valence-corrected chi connectivity index (χ1v) is 5.57. The highest BCUT2D eigenvalue weighted by atomic mass is 19.1. The summed E-state index contributed by atoms with van der Waals surface area (Å²) in [6.07, 6.45) is -0.956. The van der Waals surface area contributed by atoms with Gasteiger partial charge < -0.3 is 15.8 Å². The van der Waals surface area contributed by atoms with Crippen LogP contribution in [0.2, 0.25) is 0 Å². The summed E-state index contributed by atoms with van der Waals surface area (Å²) in [6, 6.07) is 3.39. The fourth-order valence-electron chi connectivity index (χ4n) is 1.53. The Morgan fingerprint density at radius 1 is 1.37 bits per heavy atom. The first-order valence-electron chi connectivity index (χ1n) is 5.57. The smallest absolute Gasteiger partial charge is 0.404 e. The number of rotatable bonds is 5. The first kappa shape index (κ1) is 14.9. The van der Waals surface area contributed by atoms with E-state index in [1.54, 1.807) is 0 Å². The molecule has 1 rings (SSSR count). The van der Waals surface area contributed by atoms with Gasteiger partial charge in [0, 0.05) is 5.56 Å². The molecule has 0 saturated carbocycles. The number of carbonyl (C=O) groups excluding carboxylic acids is 2. The van der Waals surface area contributed by atoms with Crippen LogP contribution in [0.25, 0.3) is 0 Å². The van der Waals surface area contributed by atoms with Crippen LogP contribution < -0.4 is 11.1 Å². The second kappa shape index (κ2) is 6.67. The maximum Gasteiger partial charge on any atom is 0.404 e. The lowest BCUT2D eigenvalue weighted by Gasteiger charge is -2.14. The Morgan fingerprint density at radius 3 is 2.47 bits per heavy atom. The highest BCUT2D eigenvalue weighted by molar-refractivity contribution is 5.83. The van der Waals surface area contributed by atoms with Gasteiger partial charge in [0.25, 0.3) is 0 Å². The molecule has 0 aliphatic rings. The van der Waals surface area contributed by atoms with Crippen molar-refractivity contribution >= 4 is 12.0 Å². The second-order valence-corrected chi connectivity index (χ2v) is 3.82. The van der Waals surface area contributed by atoms with Gasteiger partial charge in [0.2, 0.25) is 5.91 Å². The normalized spacial score (nSPS) is 11.7. The van der Waals surface area contributed by atoms with E-state index in [9.17, 15) is 18.4 Å². The molecule has 7 heteroatoms. The van der Waals surface area contributed by atoms with Crippen LogP contribution in [0.5, 0.6) is 0 Å². The van der Waals surface area contributed by atoms with Gasteiger partial charge in [-0.1, -0.05) is 6.07 Å². The number of hydrogen-bond acceptors (Lipinski definition) is 3. The molecule has 0 aliphatic carbocycles. The van der Waals surface area contributed by atoms with Gasteiger partial charge in [0.1, 0.15) is 18.2 Å². The van der Waals surface area contributed by atoms with E-state index in [1.807, 2.05) is 0 Å². The summed E-state index contributed by atoms with van der Waals surface area (Å²) in [4.78, 5) is 22.0. The average molecular weight is 272 g/mol. The lowest BCUT2D eigenvalue weighted by Crippen LogP contribution is -2.32. The van der Waals surface area contributed by atoms with Crippen LogP contribution >= 0.6 is 0 Å². The molecule has 5 nitrogen and oxygen atoms in total. The minimum atomic E-state index is -0.991. The van der Waals surface area contributed by atoms with Crippen LogP contribution in [-0.4, -0.2) is 25.2 Å². The molecular weight excluding hydrogens is 258 g/mol. The number of hydrogen-bond donors (Lipinski definition) is 2. The number of carbonyl (C=O) groups is 2. The number of ether oxygens (including phenoxy) is 1. The predicted molar refractivity (Wildman–Crippen MR) is 63.3 cm³/mol. The molecule has 1 unspecified atom stereocenters. The molecule has 1 aromatic rings. The van der Waals surface area contributed by atoms with Crippen LogP contribution in [-0.2, 0) is 9.53 Å². The zero-order valence-electron chi connectivity index (χ0n) is 10.3. The Hall–Kier alpha value is -2.18. The zero-order chi connectivity index (χ0) is 14.4. The van der Waals surface area contributed by atoms with Crippen molar-refractivity contribution in [1.82, 2.24) is 5.32 Å². The topological polar surface area (TPSA) is 81.4 Å². The fourth-order valence-corrected chi connectivity index (χ4v) is 1.53. The van der Waals surface area contributed by atoms with Gasteiger partial charge in [-0.25, -0.2) is 13.6 Å². The summed E-state index contributed by atoms with van der Waals surface area (Å²) >= 11 is 0. The first-order chi connectivity index (χ1) is 8.93. The molecule has 1 atom stereocenters. The molecule has 104 valence electrons. The minimum absolute atomic E-state index is 0.0161. The number of primary amides is 1. The third-order valence-electron chi connectivity index (χ3n) is 2.47. The molecule has 0 spiro atoms. The van der Waals surface area contributed by atoms with Gasteiger partial charge in [-0.05, 0) is 19.1 Å². The summed E-state index contributed by atoms with van der Waals surface area (Å²) in [5.74, 6) is -3.13. The molecule has 0 heterocycles. The van der Waals surface area contributed by atoms with Gasteiger partial charge in [0.15, 0.2) is 0 Å². The highest BCUT2D eigenvalue weighted by Gasteiger charge is 2.22. The van der Waals surface area contributed by atoms with Crippen molar-refractivity contribution < 1.29 is 23.1 Å². The summed E-state index contributed by atoms with van der Waals surface area (Å²) in [6.45, 7) is 1.29. The minimum Gasteiger partial charge on any atom is -0.448 e. The summed E-state index contributed by atoms with van der Waals surface area (Å²) < 4.78 is 31.3. The van der Waals surface area contributed by atoms with Crippen molar-refractivity contribution in [1.29, 1.82) is 0 Å². The predicted octanol–water partition coefficient (Wildman–Crippen LogP) is 1.28. The summed E-state index contributed by atoms with van der Waals surface area (Å²) in [5, 5.41) is 2.39. The Kier molecular flexibility index (Phi) is 5.23. The van der Waals surface area contributed by atoms with Gasteiger partial charge >= 0.3 is 6.09 Å². The molecule has 19 heavy (non-hydrogen) atoms. The van der Waals surface area contributed by atoms with Gasteiger partial charge in [-0.15, -0.1) is 0 Å². The lowest BCUT2D eigenvalue weighted by molar-refractivity contribution is -0.122. The number of nitrogens with one attached hydrogen (secondary N) is 1. The third kappa shape index (κ3) is 4.20. The SMILES string of the molecule is CC(C(=O)NCCOC(N)=O)c1c(F)cccc1F. The number of nitrogens with two attached hydrogens (primary N) is 1. The quantitative estimate of drug-likeness (QED) is 0.792. The van der Waals surface area contributed by atoms with Gasteiger partial charge in [-0.2, -0.15) is 0 Å². The van der Waals surface area contributed by atoms with Crippen LogP contribution in [0.4, 0.5) is 13.6 Å². The zero-order valence-corrected chi connectivity index (χ0v) is 10.3. The summed E-state index contributed by atoms with van der Waals surface area (Å²) in [5.41, 5.74) is 4.43. The van der Waals surface area contributed by atoms with E-state index >= 15 is 0 Å². The average Bonchev–Trinajstić information content (AvgIpc) is 2.33.